The summed E-state index contributed by atoms with van der Waals surface area (Å²) in [6.07, 6.45) is 1.29. The minimum atomic E-state index is -1.30. The standard InChI is InChI=1S/C28H25Cl2NO6/c29-19-6-3-17(23(30)13-19)9-11-31-27(32)18-4-7-20(8-5-18)36-26-15-25-22(14-21(26)16-1-2-16)24(10-12-35-25)37-28(33)34/h3-8,13-16,24H,1-2,9-12H2,(H,31,32)(H,33,34). The molecule has 1 atom stereocenters. The van der Waals surface area contributed by atoms with Gasteiger partial charge in [0, 0.05) is 40.2 Å². The third-order valence-electron chi connectivity index (χ3n) is 6.43. The van der Waals surface area contributed by atoms with Crippen LogP contribution in [0, 0.1) is 0 Å². The monoisotopic (exact) mass is 541 g/mol. The molecule has 1 heterocycles. The van der Waals surface area contributed by atoms with Gasteiger partial charge in [0.2, 0.25) is 0 Å². The van der Waals surface area contributed by atoms with Crippen LogP contribution in [0.25, 0.3) is 0 Å². The van der Waals surface area contributed by atoms with Crippen molar-refractivity contribution in [1.29, 1.82) is 0 Å². The van der Waals surface area contributed by atoms with E-state index in [1.807, 2.05) is 18.2 Å². The molecule has 37 heavy (non-hydrogen) atoms. The molecule has 1 unspecified atom stereocenters. The third-order valence-corrected chi connectivity index (χ3v) is 7.01. The number of amides is 1. The van der Waals surface area contributed by atoms with Gasteiger partial charge in [-0.1, -0.05) is 29.3 Å². The highest BCUT2D eigenvalue weighted by atomic mass is 35.5. The Morgan fingerprint density at radius 2 is 1.78 bits per heavy atom. The van der Waals surface area contributed by atoms with Crippen molar-refractivity contribution >= 4 is 35.3 Å². The number of fused-ring (bicyclic) bond motifs is 1. The summed E-state index contributed by atoms with van der Waals surface area (Å²) in [5, 5.41) is 13.1. The van der Waals surface area contributed by atoms with Crippen LogP contribution in [0.2, 0.25) is 10.0 Å². The van der Waals surface area contributed by atoms with Crippen molar-refractivity contribution in [3.05, 3.63) is 86.9 Å². The van der Waals surface area contributed by atoms with Crippen LogP contribution in [0.4, 0.5) is 4.79 Å². The summed E-state index contributed by atoms with van der Waals surface area (Å²) < 4.78 is 17.1. The summed E-state index contributed by atoms with van der Waals surface area (Å²) in [7, 11) is 0. The van der Waals surface area contributed by atoms with Gasteiger partial charge in [0.15, 0.2) is 0 Å². The lowest BCUT2D eigenvalue weighted by atomic mass is 9.97. The van der Waals surface area contributed by atoms with E-state index in [-0.39, 0.29) is 5.91 Å². The Bertz CT molecular complexity index is 1320. The minimum absolute atomic E-state index is 0.193. The first kappa shape index (κ1) is 25.2. The first-order valence-corrected chi connectivity index (χ1v) is 12.8. The maximum Gasteiger partial charge on any atom is 0.506 e. The average Bonchev–Trinajstić information content (AvgIpc) is 3.71. The number of nitrogens with one attached hydrogen (secondary N) is 1. The molecule has 0 aromatic heterocycles. The number of carbonyl (C=O) groups excluding carboxylic acids is 1. The molecule has 7 nitrogen and oxygen atoms in total. The van der Waals surface area contributed by atoms with E-state index in [4.69, 9.17) is 42.5 Å². The number of benzene rings is 3. The zero-order valence-electron chi connectivity index (χ0n) is 19.8. The largest absolute Gasteiger partial charge is 0.506 e. The van der Waals surface area contributed by atoms with Crippen LogP contribution in [-0.4, -0.2) is 30.3 Å². The third kappa shape index (κ3) is 6.12. The second-order valence-electron chi connectivity index (χ2n) is 9.08. The highest BCUT2D eigenvalue weighted by Gasteiger charge is 2.32. The van der Waals surface area contributed by atoms with E-state index < -0.39 is 12.3 Å². The number of hydrogen-bond acceptors (Lipinski definition) is 5. The van der Waals surface area contributed by atoms with E-state index in [0.717, 1.165) is 29.5 Å². The van der Waals surface area contributed by atoms with Crippen LogP contribution < -0.4 is 14.8 Å². The fourth-order valence-electron chi connectivity index (χ4n) is 4.39. The maximum atomic E-state index is 12.6. The Labute approximate surface area is 224 Å². The molecule has 0 saturated heterocycles. The predicted molar refractivity (Wildman–Crippen MR) is 139 cm³/mol. The zero-order valence-corrected chi connectivity index (χ0v) is 21.3. The van der Waals surface area contributed by atoms with Crippen molar-refractivity contribution in [2.24, 2.45) is 0 Å². The Morgan fingerprint density at radius 1 is 1.00 bits per heavy atom. The lowest BCUT2D eigenvalue weighted by molar-refractivity contribution is 0.0325. The molecule has 192 valence electrons. The molecular formula is C28H25Cl2NO6. The molecule has 0 spiro atoms. The molecule has 2 N–H and O–H groups in total. The number of carboxylic acid groups (broad SMARTS) is 1. The van der Waals surface area contributed by atoms with Crippen molar-refractivity contribution in [2.75, 3.05) is 13.2 Å². The minimum Gasteiger partial charge on any atom is -0.493 e. The summed E-state index contributed by atoms with van der Waals surface area (Å²) >= 11 is 12.1. The molecule has 9 heteroatoms. The van der Waals surface area contributed by atoms with Crippen molar-refractivity contribution in [1.82, 2.24) is 5.32 Å². The average molecular weight is 542 g/mol. The topological polar surface area (TPSA) is 94.1 Å². The molecule has 1 fully saturated rings. The molecule has 1 aliphatic heterocycles. The van der Waals surface area contributed by atoms with Gasteiger partial charge in [0.1, 0.15) is 23.4 Å². The van der Waals surface area contributed by atoms with E-state index in [0.29, 0.717) is 64.8 Å². The molecule has 1 saturated carbocycles. The van der Waals surface area contributed by atoms with Crippen LogP contribution in [0.5, 0.6) is 17.2 Å². The second kappa shape index (κ2) is 10.9. The highest BCUT2D eigenvalue weighted by Crippen LogP contribution is 2.49. The Balaban J connectivity index is 1.25. The van der Waals surface area contributed by atoms with Gasteiger partial charge in [0.25, 0.3) is 5.91 Å². The van der Waals surface area contributed by atoms with E-state index in [2.05, 4.69) is 5.32 Å². The molecule has 5 rings (SSSR count). The fourth-order valence-corrected chi connectivity index (χ4v) is 4.89. The zero-order chi connectivity index (χ0) is 25.9. The number of rotatable bonds is 8. The van der Waals surface area contributed by atoms with Gasteiger partial charge in [-0.2, -0.15) is 0 Å². The fraction of sp³-hybridized carbons (Fsp3) is 0.286. The van der Waals surface area contributed by atoms with E-state index in [1.54, 1.807) is 36.4 Å². The summed E-state index contributed by atoms with van der Waals surface area (Å²) in [6, 6.07) is 16.0. The number of hydrogen-bond donors (Lipinski definition) is 2. The second-order valence-corrected chi connectivity index (χ2v) is 9.92. The highest BCUT2D eigenvalue weighted by molar-refractivity contribution is 6.35. The molecule has 3 aromatic rings. The van der Waals surface area contributed by atoms with Gasteiger partial charge in [-0.05, 0) is 78.8 Å². The Morgan fingerprint density at radius 3 is 2.49 bits per heavy atom. The van der Waals surface area contributed by atoms with Crippen molar-refractivity contribution < 1.29 is 28.9 Å². The summed E-state index contributed by atoms with van der Waals surface area (Å²) in [5.74, 6) is 1.97. The van der Waals surface area contributed by atoms with E-state index in [9.17, 15) is 9.59 Å². The molecule has 2 aliphatic rings. The van der Waals surface area contributed by atoms with Gasteiger partial charge < -0.3 is 24.6 Å². The van der Waals surface area contributed by atoms with Gasteiger partial charge in [-0.3, -0.25) is 4.79 Å². The quantitative estimate of drug-likeness (QED) is 0.294. The van der Waals surface area contributed by atoms with Gasteiger partial charge in [-0.25, -0.2) is 4.79 Å². The number of carbonyl (C=O) groups is 2. The van der Waals surface area contributed by atoms with Gasteiger partial charge in [0.05, 0.1) is 6.61 Å². The first-order chi connectivity index (χ1) is 17.9. The molecule has 0 radical (unpaired) electrons. The lowest BCUT2D eigenvalue weighted by Gasteiger charge is -2.26. The molecule has 1 amide bonds. The normalized spacial score (nSPS) is 16.3. The van der Waals surface area contributed by atoms with Crippen LogP contribution in [0.1, 0.15) is 58.3 Å². The van der Waals surface area contributed by atoms with Crippen LogP contribution in [0.3, 0.4) is 0 Å². The van der Waals surface area contributed by atoms with Gasteiger partial charge in [-0.15, -0.1) is 0 Å². The molecule has 0 bridgehead atoms. The SMILES string of the molecule is O=C(O)OC1CCOc2cc(Oc3ccc(C(=O)NCCc4ccc(Cl)cc4Cl)cc3)c(C3CC3)cc21. The Kier molecular flexibility index (Phi) is 7.44. The van der Waals surface area contributed by atoms with Crippen molar-refractivity contribution in [3.63, 3.8) is 0 Å². The predicted octanol–water partition coefficient (Wildman–Crippen LogP) is 7.15. The van der Waals surface area contributed by atoms with Crippen LogP contribution >= 0.6 is 23.2 Å². The van der Waals surface area contributed by atoms with Crippen molar-refractivity contribution in [2.45, 2.75) is 37.7 Å². The summed E-state index contributed by atoms with van der Waals surface area (Å²) in [5.41, 5.74) is 3.16. The number of ether oxygens (including phenoxy) is 3. The lowest BCUT2D eigenvalue weighted by Crippen LogP contribution is -2.25. The van der Waals surface area contributed by atoms with E-state index >= 15 is 0 Å². The van der Waals surface area contributed by atoms with Crippen molar-refractivity contribution in [3.8, 4) is 17.2 Å². The van der Waals surface area contributed by atoms with E-state index in [1.165, 1.54) is 0 Å². The van der Waals surface area contributed by atoms with Crippen LogP contribution in [0.15, 0.2) is 54.6 Å². The number of halogens is 2. The summed E-state index contributed by atoms with van der Waals surface area (Å²) in [6.45, 7) is 0.798. The van der Waals surface area contributed by atoms with Gasteiger partial charge >= 0.3 is 6.16 Å². The Hall–Kier alpha value is -3.42. The maximum absolute atomic E-state index is 12.6. The molecule has 1 aliphatic carbocycles. The molecular weight excluding hydrogens is 517 g/mol. The van der Waals surface area contributed by atoms with Crippen LogP contribution in [-0.2, 0) is 11.2 Å². The summed E-state index contributed by atoms with van der Waals surface area (Å²) in [4.78, 5) is 23.7. The first-order valence-electron chi connectivity index (χ1n) is 12.1. The molecule has 3 aromatic carbocycles. The smallest absolute Gasteiger partial charge is 0.493 e.